The topological polar surface area (TPSA) is 64.7 Å². The Morgan fingerprint density at radius 1 is 1.00 bits per heavy atom. The molecule has 1 aromatic carbocycles. The van der Waals surface area contributed by atoms with E-state index < -0.39 is 0 Å². The first-order valence-corrected chi connectivity index (χ1v) is 7.15. The Kier molecular flexibility index (Phi) is 3.62. The van der Waals surface area contributed by atoms with Crippen LogP contribution < -0.4 is 5.73 Å². The molecule has 0 aliphatic rings. The number of fused-ring (bicyclic) bond motifs is 1. The van der Waals surface area contributed by atoms with E-state index in [4.69, 9.17) is 5.73 Å². The number of para-hydroxylation sites is 1. The summed E-state index contributed by atoms with van der Waals surface area (Å²) in [5.41, 5.74) is 7.96. The van der Waals surface area contributed by atoms with Gasteiger partial charge in [-0.1, -0.05) is 24.3 Å². The minimum atomic E-state index is -0.0562. The molecule has 0 saturated heterocycles. The number of hydrogen-bond donors (Lipinski definition) is 1. The fourth-order valence-corrected chi connectivity index (χ4v) is 3.04. The highest BCUT2D eigenvalue weighted by molar-refractivity contribution is 7.99. The fraction of sp³-hybridized carbons (Fsp3) is 0.133. The van der Waals surface area contributed by atoms with Crippen LogP contribution in [0.3, 0.4) is 0 Å². The van der Waals surface area contributed by atoms with Gasteiger partial charge in [0.05, 0.1) is 5.52 Å². The van der Waals surface area contributed by atoms with Crippen LogP contribution in [0.1, 0.15) is 18.5 Å². The number of rotatable bonds is 3. The van der Waals surface area contributed by atoms with Crippen molar-refractivity contribution in [3.63, 3.8) is 0 Å². The third-order valence-corrected chi connectivity index (χ3v) is 4.04. The van der Waals surface area contributed by atoms with E-state index in [1.807, 2.05) is 43.3 Å². The predicted octanol–water partition coefficient (Wildman–Crippen LogP) is 3.20. The normalized spacial score (nSPS) is 12.5. The van der Waals surface area contributed by atoms with Gasteiger partial charge < -0.3 is 5.73 Å². The van der Waals surface area contributed by atoms with Crippen molar-refractivity contribution < 1.29 is 0 Å². The van der Waals surface area contributed by atoms with Crippen LogP contribution in [0.25, 0.3) is 10.9 Å². The summed E-state index contributed by atoms with van der Waals surface area (Å²) in [4.78, 5) is 13.1. The molecule has 20 heavy (non-hydrogen) atoms. The highest BCUT2D eigenvalue weighted by atomic mass is 32.2. The van der Waals surface area contributed by atoms with Gasteiger partial charge in [-0.3, -0.25) is 0 Å². The smallest absolute Gasteiger partial charge is 0.117 e. The van der Waals surface area contributed by atoms with Crippen molar-refractivity contribution in [1.29, 1.82) is 0 Å². The van der Waals surface area contributed by atoms with Gasteiger partial charge in [0, 0.05) is 23.2 Å². The molecule has 0 amide bonds. The monoisotopic (exact) mass is 282 g/mol. The van der Waals surface area contributed by atoms with Crippen LogP contribution >= 0.6 is 11.8 Å². The van der Waals surface area contributed by atoms with Crippen LogP contribution in [0.5, 0.6) is 0 Å². The van der Waals surface area contributed by atoms with Crippen molar-refractivity contribution in [2.45, 2.75) is 23.0 Å². The largest absolute Gasteiger partial charge is 0.324 e. The molecule has 1 atom stereocenters. The third-order valence-electron chi connectivity index (χ3n) is 2.99. The molecule has 2 N–H and O–H groups in total. The first kappa shape index (κ1) is 13.0. The van der Waals surface area contributed by atoms with Gasteiger partial charge in [0.2, 0.25) is 0 Å². The SMILES string of the molecule is C[C@@H](N)c1cccnc1Sc1ncnc2ccccc12. The molecule has 0 bridgehead atoms. The number of hydrogen-bond acceptors (Lipinski definition) is 5. The maximum absolute atomic E-state index is 5.99. The van der Waals surface area contributed by atoms with Crippen molar-refractivity contribution in [2.75, 3.05) is 0 Å². The van der Waals surface area contributed by atoms with Crippen molar-refractivity contribution in [3.8, 4) is 0 Å². The average Bonchev–Trinajstić information content (AvgIpc) is 2.48. The van der Waals surface area contributed by atoms with Gasteiger partial charge >= 0.3 is 0 Å². The lowest BCUT2D eigenvalue weighted by Gasteiger charge is -2.11. The molecule has 2 aromatic heterocycles. The van der Waals surface area contributed by atoms with Gasteiger partial charge in [-0.05, 0) is 30.8 Å². The van der Waals surface area contributed by atoms with E-state index in [0.29, 0.717) is 0 Å². The quantitative estimate of drug-likeness (QED) is 0.747. The molecule has 0 radical (unpaired) electrons. The van der Waals surface area contributed by atoms with Crippen LogP contribution in [-0.2, 0) is 0 Å². The maximum Gasteiger partial charge on any atom is 0.117 e. The van der Waals surface area contributed by atoms with Crippen molar-refractivity contribution in [2.24, 2.45) is 5.73 Å². The van der Waals surface area contributed by atoms with Crippen molar-refractivity contribution >= 4 is 22.7 Å². The van der Waals surface area contributed by atoms with Crippen molar-refractivity contribution in [3.05, 3.63) is 54.5 Å². The summed E-state index contributed by atoms with van der Waals surface area (Å²) in [6.07, 6.45) is 3.36. The van der Waals surface area contributed by atoms with Gasteiger partial charge in [-0.25, -0.2) is 15.0 Å². The molecule has 5 heteroatoms. The summed E-state index contributed by atoms with van der Waals surface area (Å²) in [5.74, 6) is 0. The minimum absolute atomic E-state index is 0.0562. The minimum Gasteiger partial charge on any atom is -0.324 e. The highest BCUT2D eigenvalue weighted by Crippen LogP contribution is 2.33. The fourth-order valence-electron chi connectivity index (χ4n) is 1.99. The lowest BCUT2D eigenvalue weighted by atomic mass is 10.2. The summed E-state index contributed by atoms with van der Waals surface area (Å²) in [5, 5.41) is 2.82. The predicted molar refractivity (Wildman–Crippen MR) is 80.5 cm³/mol. The van der Waals surface area contributed by atoms with E-state index in [-0.39, 0.29) is 6.04 Å². The Hall–Kier alpha value is -1.98. The highest BCUT2D eigenvalue weighted by Gasteiger charge is 2.12. The summed E-state index contributed by atoms with van der Waals surface area (Å²) in [7, 11) is 0. The summed E-state index contributed by atoms with van der Waals surface area (Å²) < 4.78 is 0. The first-order chi connectivity index (χ1) is 9.75. The lowest BCUT2D eigenvalue weighted by Crippen LogP contribution is -2.07. The van der Waals surface area contributed by atoms with E-state index in [2.05, 4.69) is 15.0 Å². The molecule has 4 nitrogen and oxygen atoms in total. The number of nitrogens with zero attached hydrogens (tertiary/aromatic N) is 3. The molecule has 0 aliphatic heterocycles. The zero-order valence-electron chi connectivity index (χ0n) is 11.0. The van der Waals surface area contributed by atoms with Crippen LogP contribution in [0.2, 0.25) is 0 Å². The van der Waals surface area contributed by atoms with E-state index >= 15 is 0 Å². The average molecular weight is 282 g/mol. The lowest BCUT2D eigenvalue weighted by molar-refractivity contribution is 0.779. The number of pyridine rings is 1. The molecule has 2 heterocycles. The molecular weight excluding hydrogens is 268 g/mol. The first-order valence-electron chi connectivity index (χ1n) is 6.34. The summed E-state index contributed by atoms with van der Waals surface area (Å²) in [6, 6.07) is 11.8. The Bertz CT molecular complexity index is 737. The second-order valence-electron chi connectivity index (χ2n) is 4.48. The molecule has 0 saturated carbocycles. The number of aromatic nitrogens is 3. The van der Waals surface area contributed by atoms with Gasteiger partial charge in [-0.15, -0.1) is 0 Å². The van der Waals surface area contributed by atoms with Gasteiger partial charge in [-0.2, -0.15) is 0 Å². The summed E-state index contributed by atoms with van der Waals surface area (Å²) in [6.45, 7) is 1.96. The van der Waals surface area contributed by atoms with E-state index in [1.165, 1.54) is 11.8 Å². The van der Waals surface area contributed by atoms with Gasteiger partial charge in [0.25, 0.3) is 0 Å². The molecule has 3 aromatic rings. The van der Waals surface area contributed by atoms with Crippen molar-refractivity contribution in [1.82, 2.24) is 15.0 Å². The Morgan fingerprint density at radius 2 is 1.85 bits per heavy atom. The Morgan fingerprint density at radius 3 is 2.70 bits per heavy atom. The molecule has 0 unspecified atom stereocenters. The standard InChI is InChI=1S/C15H14N4S/c1-10(16)11-6-4-8-17-14(11)20-15-12-5-2-3-7-13(12)18-9-19-15/h2-10H,16H2,1H3/t10-/m1/s1. The van der Waals surface area contributed by atoms with E-state index in [1.54, 1.807) is 12.5 Å². The zero-order valence-corrected chi connectivity index (χ0v) is 11.8. The third kappa shape index (κ3) is 2.50. The zero-order chi connectivity index (χ0) is 13.9. The Labute approximate surface area is 121 Å². The van der Waals surface area contributed by atoms with E-state index in [0.717, 1.165) is 26.5 Å². The molecule has 100 valence electrons. The van der Waals surface area contributed by atoms with Crippen LogP contribution in [-0.4, -0.2) is 15.0 Å². The van der Waals surface area contributed by atoms with Gasteiger partial charge in [0.1, 0.15) is 16.4 Å². The molecule has 3 rings (SSSR count). The number of benzene rings is 1. The van der Waals surface area contributed by atoms with E-state index in [9.17, 15) is 0 Å². The second kappa shape index (κ2) is 5.56. The molecule has 0 aliphatic carbocycles. The molecule has 0 spiro atoms. The summed E-state index contributed by atoms with van der Waals surface area (Å²) >= 11 is 1.53. The molecular formula is C15H14N4S. The molecule has 0 fully saturated rings. The maximum atomic E-state index is 5.99. The van der Waals surface area contributed by atoms with Crippen LogP contribution in [0, 0.1) is 0 Å². The number of nitrogens with two attached hydrogens (primary N) is 1. The van der Waals surface area contributed by atoms with Crippen LogP contribution in [0.15, 0.2) is 59.0 Å². The Balaban J connectivity index is 2.06. The van der Waals surface area contributed by atoms with Gasteiger partial charge in [0.15, 0.2) is 0 Å². The van der Waals surface area contributed by atoms with Crippen LogP contribution in [0.4, 0.5) is 0 Å². The second-order valence-corrected chi connectivity index (χ2v) is 5.46.